The van der Waals surface area contributed by atoms with Gasteiger partial charge in [-0.1, -0.05) is 73.9 Å². The Kier molecular flexibility index (Phi) is 6.23. The molecule has 48 heavy (non-hydrogen) atoms. The number of hydrogen-bond donors (Lipinski definition) is 0. The zero-order chi connectivity index (χ0) is 49.4. The van der Waals surface area contributed by atoms with Crippen LogP contribution in [0.5, 0.6) is 0 Å². The molecule has 1 amide bonds. The van der Waals surface area contributed by atoms with Crippen LogP contribution in [0.15, 0.2) is 76.4 Å². The highest BCUT2D eigenvalue weighted by Crippen LogP contribution is 2.34. The number of alkyl halides is 3. The Hall–Kier alpha value is -3.96. The molecule has 6 nitrogen and oxygen atoms in total. The molecule has 254 valence electrons. The van der Waals surface area contributed by atoms with Crippen LogP contribution in [0.2, 0.25) is 0 Å². The molecule has 1 aliphatic carbocycles. The van der Waals surface area contributed by atoms with Gasteiger partial charge >= 0.3 is 6.18 Å². The lowest BCUT2D eigenvalue weighted by Crippen LogP contribution is -2.40. The molecule has 0 aliphatic heterocycles. The minimum absolute atomic E-state index is 0.0998. The van der Waals surface area contributed by atoms with Crippen molar-refractivity contribution >= 4 is 17.7 Å². The van der Waals surface area contributed by atoms with Gasteiger partial charge in [0.15, 0.2) is 5.16 Å². The topological polar surface area (TPSA) is 58.4 Å². The fourth-order valence-electron chi connectivity index (χ4n) is 4.69. The lowest BCUT2D eigenvalue weighted by atomic mass is 9.98. The van der Waals surface area contributed by atoms with Crippen LogP contribution in [-0.4, -0.2) is 51.4 Å². The van der Waals surface area contributed by atoms with Crippen LogP contribution >= 0.6 is 11.8 Å². The number of benzene rings is 3. The van der Waals surface area contributed by atoms with E-state index in [0.717, 1.165) is 11.8 Å². The summed E-state index contributed by atoms with van der Waals surface area (Å²) >= 11 is 0.447. The maximum absolute atomic E-state index is 14.7. The first kappa shape index (κ1) is 19.3. The maximum atomic E-state index is 14.7. The van der Waals surface area contributed by atoms with E-state index in [0.29, 0.717) is 29.4 Å². The summed E-state index contributed by atoms with van der Waals surface area (Å²) in [6.07, 6.45) is -15.3. The molecule has 1 heterocycles. The van der Waals surface area contributed by atoms with Crippen LogP contribution in [0.4, 0.5) is 17.6 Å². The molecule has 0 unspecified atom stereocenters. The van der Waals surface area contributed by atoms with Crippen LogP contribution in [0.3, 0.4) is 0 Å². The second-order valence-corrected chi connectivity index (χ2v) is 11.4. The number of nitrogens with zero attached hydrogens (tertiary/aromatic N) is 4. The smallest absolute Gasteiger partial charge is 0.336 e. The summed E-state index contributed by atoms with van der Waals surface area (Å²) in [6.45, 7) is 3.39. The van der Waals surface area contributed by atoms with Gasteiger partial charge in [0.1, 0.15) is 12.4 Å². The van der Waals surface area contributed by atoms with Gasteiger partial charge < -0.3 is 14.4 Å². The first-order valence-electron chi connectivity index (χ1n) is 23.1. The number of thioether (sulfide) groups is 1. The highest BCUT2D eigenvalue weighted by atomic mass is 32.2. The molecule has 0 N–H and O–H groups in total. The Labute approximate surface area is 306 Å². The third-order valence-corrected chi connectivity index (χ3v) is 8.30. The predicted octanol–water partition coefficient (Wildman–Crippen LogP) is 7.53. The molecular weight excluding hydrogens is 640 g/mol. The summed E-state index contributed by atoms with van der Waals surface area (Å²) in [5.74, 6) is -3.09. The quantitative estimate of drug-likeness (QED) is 0.0822. The van der Waals surface area contributed by atoms with Crippen molar-refractivity contribution in [1.29, 1.82) is 0 Å². The van der Waals surface area contributed by atoms with Gasteiger partial charge in [-0.15, -0.1) is 0 Å². The molecule has 1 aromatic heterocycles. The molecule has 4 aromatic rings. The second-order valence-electron chi connectivity index (χ2n) is 10.4. The molecule has 0 radical (unpaired) electrons. The van der Waals surface area contributed by atoms with E-state index < -0.39 is 178 Å². The number of aromatic nitrogens is 2. The lowest BCUT2D eigenvalue weighted by Gasteiger charge is -2.28. The van der Waals surface area contributed by atoms with Gasteiger partial charge in [0.25, 0.3) is 5.56 Å². The lowest BCUT2D eigenvalue weighted by molar-refractivity contribution is -0.138. The normalized spacial score (nSPS) is 21.0. The van der Waals surface area contributed by atoms with Gasteiger partial charge in [-0.05, 0) is 85.1 Å². The van der Waals surface area contributed by atoms with E-state index >= 15 is 0 Å². The van der Waals surface area contributed by atoms with Gasteiger partial charge in [-0.25, -0.2) is 4.39 Å². The minimum atomic E-state index is -5.14. The molecule has 5 rings (SSSR count). The van der Waals surface area contributed by atoms with Gasteiger partial charge in [0, 0.05) is 44.9 Å². The van der Waals surface area contributed by atoms with Crippen LogP contribution in [0, 0.1) is 12.7 Å². The zero-order valence-corrected chi connectivity index (χ0v) is 26.8. The van der Waals surface area contributed by atoms with E-state index in [2.05, 4.69) is 4.98 Å². The molecule has 0 atom stereocenters. The van der Waals surface area contributed by atoms with Gasteiger partial charge in [0.05, 0.1) is 20.6 Å². The summed E-state index contributed by atoms with van der Waals surface area (Å²) in [5.41, 5.74) is -8.23. The highest BCUT2D eigenvalue weighted by Gasteiger charge is 2.32. The molecule has 0 fully saturated rings. The molecular formula is C37H40F4N4O2S. The van der Waals surface area contributed by atoms with E-state index in [-0.39, 0.29) is 13.1 Å². The van der Waals surface area contributed by atoms with Crippen LogP contribution in [0.25, 0.3) is 11.1 Å². The number of rotatable bonds is 13. The van der Waals surface area contributed by atoms with Crippen molar-refractivity contribution in [3.8, 4) is 11.1 Å². The fraction of sp³-hybridized carbons (Fsp3) is 0.378. The van der Waals surface area contributed by atoms with Crippen molar-refractivity contribution in [1.82, 2.24) is 19.4 Å². The number of amides is 1. The number of likely N-dealkylation sites (N-methyl/N-ethyl adjacent to an activating group) is 1. The number of halogens is 4. The number of fused-ring (bicyclic) bond motifs is 1. The fourth-order valence-corrected chi connectivity index (χ4v) is 5.57. The molecule has 1 aliphatic rings. The Morgan fingerprint density at radius 3 is 2.31 bits per heavy atom. The summed E-state index contributed by atoms with van der Waals surface area (Å²) < 4.78 is 201. The Morgan fingerprint density at radius 2 is 1.65 bits per heavy atom. The highest BCUT2D eigenvalue weighted by molar-refractivity contribution is 7.98. The molecule has 0 saturated carbocycles. The predicted molar refractivity (Wildman–Crippen MR) is 181 cm³/mol. The number of carbonyl (C=O) groups excluding carboxylic acids is 1. The van der Waals surface area contributed by atoms with Crippen LogP contribution < -0.4 is 5.56 Å². The molecule has 11 heteroatoms. The van der Waals surface area contributed by atoms with Crippen LogP contribution in [-0.2, 0) is 42.6 Å². The Bertz CT molecular complexity index is 2590. The minimum Gasteiger partial charge on any atom is -0.336 e. The third kappa shape index (κ3) is 8.54. The van der Waals surface area contributed by atoms with E-state index in [9.17, 15) is 27.2 Å². The van der Waals surface area contributed by atoms with Crippen molar-refractivity contribution < 1.29 is 45.7 Å². The summed E-state index contributed by atoms with van der Waals surface area (Å²) in [7, 11) is 0. The van der Waals surface area contributed by atoms with Crippen LogP contribution in [0.1, 0.15) is 77.0 Å². The van der Waals surface area contributed by atoms with Crippen molar-refractivity contribution in [3.05, 3.63) is 116 Å². The van der Waals surface area contributed by atoms with Crippen molar-refractivity contribution in [3.63, 3.8) is 0 Å². The Balaban J connectivity index is 1.69. The third-order valence-electron chi connectivity index (χ3n) is 7.29. The van der Waals surface area contributed by atoms with Crippen molar-refractivity contribution in [2.75, 3.05) is 26.2 Å². The molecule has 0 spiro atoms. The van der Waals surface area contributed by atoms with E-state index in [4.69, 9.17) is 23.3 Å². The van der Waals surface area contributed by atoms with E-state index in [1.54, 1.807) is 13.8 Å². The average molecular weight is 698 g/mol. The van der Waals surface area contributed by atoms with Gasteiger partial charge in [0.2, 0.25) is 5.91 Å². The molecule has 3 aromatic carbocycles. The average Bonchev–Trinajstić information content (AvgIpc) is 3.33. The standard InChI is InChI=1S/C37H40F4N4O2S/c1-4-43(5-2)19-20-44(22-26-9-13-28(14-10-26)29-15-18-32(25(3)21-29)37(39,40)41)34(46)23-45-33-8-6-7-31(33)35(47)42-36(45)48-24-27-11-16-30(38)17-12-27/h9-18,21H,4-8,19-20,22-24H2,1-3H3/i6D2,7D2,8D2,9D,10D,11D,12D,13D,14D,15D,16D,17D,18D,21D. The first-order valence-corrected chi connectivity index (χ1v) is 15.6. The maximum Gasteiger partial charge on any atom is 0.416 e. The van der Waals surface area contributed by atoms with Gasteiger partial charge in [-0.3, -0.25) is 9.59 Å². The zero-order valence-electron chi connectivity index (χ0n) is 43.0. The van der Waals surface area contributed by atoms with E-state index in [1.165, 1.54) is 0 Å². The monoisotopic (exact) mass is 697 g/mol. The van der Waals surface area contributed by atoms with E-state index in [1.807, 2.05) is 4.90 Å². The summed E-state index contributed by atoms with van der Waals surface area (Å²) in [4.78, 5) is 34.9. The summed E-state index contributed by atoms with van der Waals surface area (Å²) in [6, 6.07) is -10.7. The number of carbonyl (C=O) groups is 1. The van der Waals surface area contributed by atoms with Crippen molar-refractivity contribution in [2.24, 2.45) is 0 Å². The Morgan fingerprint density at radius 1 is 0.979 bits per heavy atom. The van der Waals surface area contributed by atoms with Crippen molar-refractivity contribution in [2.45, 2.75) is 70.1 Å². The largest absolute Gasteiger partial charge is 0.416 e. The molecule has 0 bridgehead atoms. The molecule has 0 saturated heterocycles. The summed E-state index contributed by atoms with van der Waals surface area (Å²) in [5, 5.41) is -0.587. The number of hydrogen-bond acceptors (Lipinski definition) is 5. The SMILES string of the molecule is [2H]c1c([2H])c(CSc2nc(=O)c3c(n2CC(=O)N(CCN(CC)CC)Cc2c([2H])c([2H])c(-c4c([2H])c([2H])c(C(F)(F)F)c(C)c4[2H])c([2H])c2[2H])C([2H])([2H])C([2H])([2H])C3([2H])[2H])c([2H])c([2H])c1F. The first-order chi connectivity index (χ1) is 29.8. The second kappa shape index (κ2) is 15.5. The van der Waals surface area contributed by atoms with Gasteiger partial charge in [-0.2, -0.15) is 18.2 Å².